The Kier molecular flexibility index (Phi) is 6.72. The average Bonchev–Trinajstić information content (AvgIpc) is 3.26. The van der Waals surface area contributed by atoms with Gasteiger partial charge in [-0.25, -0.2) is 4.79 Å². The molecule has 0 aliphatic heterocycles. The number of aromatic nitrogens is 2. The van der Waals surface area contributed by atoms with Crippen molar-refractivity contribution in [3.05, 3.63) is 58.5 Å². The number of hydrogen-bond acceptors (Lipinski definition) is 5. The van der Waals surface area contributed by atoms with Crippen molar-refractivity contribution >= 4 is 28.6 Å². The number of fused-ring (bicyclic) bond motifs is 1. The molecule has 2 aromatic heterocycles. The van der Waals surface area contributed by atoms with E-state index in [0.717, 1.165) is 22.9 Å². The molecule has 0 fully saturated rings. The van der Waals surface area contributed by atoms with Crippen LogP contribution in [0, 0.1) is 13.8 Å². The van der Waals surface area contributed by atoms with Crippen molar-refractivity contribution in [1.29, 1.82) is 0 Å². The highest BCUT2D eigenvalue weighted by Crippen LogP contribution is 2.21. The molecule has 7 heteroatoms. The standard InChI is InChI=1S/C23H26N2O5/c1-4-29-23(28)22-15(3)25-14(2)21(22)19(26)13-30-20(27)11-7-8-16-12-24-18-10-6-5-9-17(16)18/h5-6,9-10,12,24-25H,4,7-8,11,13H2,1-3H3. The summed E-state index contributed by atoms with van der Waals surface area (Å²) in [4.78, 5) is 43.1. The Hall–Kier alpha value is -3.35. The fourth-order valence-electron chi connectivity index (χ4n) is 3.64. The van der Waals surface area contributed by atoms with Gasteiger partial charge in [0.25, 0.3) is 0 Å². The summed E-state index contributed by atoms with van der Waals surface area (Å²) in [5, 5.41) is 1.14. The highest BCUT2D eigenvalue weighted by molar-refractivity contribution is 6.09. The third-order valence-electron chi connectivity index (χ3n) is 5.00. The van der Waals surface area contributed by atoms with Crippen LogP contribution in [-0.2, 0) is 20.7 Å². The van der Waals surface area contributed by atoms with Crippen LogP contribution in [0.5, 0.6) is 0 Å². The number of benzene rings is 1. The number of hydrogen-bond donors (Lipinski definition) is 2. The van der Waals surface area contributed by atoms with Gasteiger partial charge < -0.3 is 19.4 Å². The van der Waals surface area contributed by atoms with Crippen LogP contribution in [0.15, 0.2) is 30.5 Å². The van der Waals surface area contributed by atoms with Crippen molar-refractivity contribution in [2.24, 2.45) is 0 Å². The number of Topliss-reactive ketones (excluding diaryl/α,β-unsaturated/α-hetero) is 1. The van der Waals surface area contributed by atoms with Gasteiger partial charge in [-0.3, -0.25) is 9.59 Å². The summed E-state index contributed by atoms with van der Waals surface area (Å²) in [6, 6.07) is 8.00. The normalized spacial score (nSPS) is 10.9. The van der Waals surface area contributed by atoms with Crippen molar-refractivity contribution in [2.75, 3.05) is 13.2 Å². The SMILES string of the molecule is CCOC(=O)c1c(C)[nH]c(C)c1C(=O)COC(=O)CCCc1c[nH]c2ccccc12. The molecule has 1 aromatic carbocycles. The number of ketones is 1. The maximum absolute atomic E-state index is 12.6. The van der Waals surface area contributed by atoms with Crippen LogP contribution in [-0.4, -0.2) is 40.9 Å². The summed E-state index contributed by atoms with van der Waals surface area (Å²) >= 11 is 0. The van der Waals surface area contributed by atoms with Gasteiger partial charge in [0.2, 0.25) is 5.78 Å². The first-order chi connectivity index (χ1) is 14.4. The predicted molar refractivity (Wildman–Crippen MR) is 113 cm³/mol. The summed E-state index contributed by atoms with van der Waals surface area (Å²) in [7, 11) is 0. The quantitative estimate of drug-likeness (QED) is 0.410. The molecule has 0 atom stereocenters. The highest BCUT2D eigenvalue weighted by atomic mass is 16.5. The molecule has 0 aliphatic carbocycles. The number of ether oxygens (including phenoxy) is 2. The fourth-order valence-corrected chi connectivity index (χ4v) is 3.64. The van der Waals surface area contributed by atoms with Crippen LogP contribution in [0.25, 0.3) is 10.9 Å². The van der Waals surface area contributed by atoms with Gasteiger partial charge >= 0.3 is 11.9 Å². The number of carbonyl (C=O) groups excluding carboxylic acids is 3. The number of para-hydroxylation sites is 1. The first-order valence-corrected chi connectivity index (χ1v) is 10.0. The third-order valence-corrected chi connectivity index (χ3v) is 5.00. The van der Waals surface area contributed by atoms with Crippen LogP contribution in [0.1, 0.15) is 57.4 Å². The number of nitrogens with one attached hydrogen (secondary N) is 2. The summed E-state index contributed by atoms with van der Waals surface area (Å²) in [6.45, 7) is 4.91. The summed E-state index contributed by atoms with van der Waals surface area (Å²) < 4.78 is 10.2. The Morgan fingerprint density at radius 1 is 1.00 bits per heavy atom. The van der Waals surface area contributed by atoms with Gasteiger partial charge in [0.05, 0.1) is 17.7 Å². The zero-order chi connectivity index (χ0) is 21.7. The molecule has 0 unspecified atom stereocenters. The second-order valence-electron chi connectivity index (χ2n) is 7.14. The summed E-state index contributed by atoms with van der Waals surface area (Å²) in [6.07, 6.45) is 3.51. The van der Waals surface area contributed by atoms with Gasteiger partial charge in [-0.2, -0.15) is 0 Å². The number of aryl methyl sites for hydroxylation is 3. The maximum atomic E-state index is 12.6. The second-order valence-corrected chi connectivity index (χ2v) is 7.14. The number of esters is 2. The minimum Gasteiger partial charge on any atom is -0.462 e. The molecule has 0 amide bonds. The van der Waals surface area contributed by atoms with Crippen LogP contribution in [0.4, 0.5) is 0 Å². The van der Waals surface area contributed by atoms with Crippen LogP contribution >= 0.6 is 0 Å². The summed E-state index contributed by atoms with van der Waals surface area (Å²) in [5.41, 5.74) is 3.74. The average molecular weight is 410 g/mol. The Bertz CT molecular complexity index is 1080. The molecule has 7 nitrogen and oxygen atoms in total. The van der Waals surface area contributed by atoms with Gasteiger partial charge in [0.15, 0.2) is 6.61 Å². The number of carbonyl (C=O) groups is 3. The van der Waals surface area contributed by atoms with E-state index in [9.17, 15) is 14.4 Å². The molecular formula is C23H26N2O5. The zero-order valence-corrected chi connectivity index (χ0v) is 17.5. The van der Waals surface area contributed by atoms with Crippen molar-refractivity contribution < 1.29 is 23.9 Å². The molecule has 158 valence electrons. The Balaban J connectivity index is 1.54. The number of aromatic amines is 2. The molecule has 0 radical (unpaired) electrons. The Morgan fingerprint density at radius 2 is 1.73 bits per heavy atom. The van der Waals surface area contributed by atoms with E-state index < -0.39 is 24.3 Å². The molecule has 30 heavy (non-hydrogen) atoms. The monoisotopic (exact) mass is 410 g/mol. The van der Waals surface area contributed by atoms with E-state index in [1.807, 2.05) is 30.5 Å². The molecule has 0 aliphatic rings. The van der Waals surface area contributed by atoms with Crippen LogP contribution < -0.4 is 0 Å². The molecule has 0 saturated heterocycles. The molecule has 0 bridgehead atoms. The first kappa shape index (κ1) is 21.4. The lowest BCUT2D eigenvalue weighted by Gasteiger charge is -2.07. The largest absolute Gasteiger partial charge is 0.462 e. The lowest BCUT2D eigenvalue weighted by atomic mass is 10.1. The lowest BCUT2D eigenvalue weighted by molar-refractivity contribution is -0.142. The van der Waals surface area contributed by atoms with E-state index in [0.29, 0.717) is 17.8 Å². The van der Waals surface area contributed by atoms with Crippen molar-refractivity contribution in [2.45, 2.75) is 40.0 Å². The second kappa shape index (κ2) is 9.43. The molecule has 3 rings (SSSR count). The molecule has 0 saturated carbocycles. The minimum atomic E-state index is -0.562. The third kappa shape index (κ3) is 4.62. The van der Waals surface area contributed by atoms with Crippen molar-refractivity contribution in [3.63, 3.8) is 0 Å². The Labute approximate surface area is 174 Å². The Morgan fingerprint density at radius 3 is 2.50 bits per heavy atom. The highest BCUT2D eigenvalue weighted by Gasteiger charge is 2.26. The first-order valence-electron chi connectivity index (χ1n) is 10.0. The van der Waals surface area contributed by atoms with Crippen LogP contribution in [0.3, 0.4) is 0 Å². The smallest absolute Gasteiger partial charge is 0.340 e. The van der Waals surface area contributed by atoms with Crippen LogP contribution in [0.2, 0.25) is 0 Å². The molecule has 2 N–H and O–H groups in total. The topological polar surface area (TPSA) is 101 Å². The van der Waals surface area contributed by atoms with Gasteiger partial charge in [-0.05, 0) is 45.2 Å². The van der Waals surface area contributed by atoms with E-state index in [4.69, 9.17) is 9.47 Å². The van der Waals surface area contributed by atoms with Crippen molar-refractivity contribution in [3.8, 4) is 0 Å². The van der Waals surface area contributed by atoms with Gasteiger partial charge in [0, 0.05) is 34.9 Å². The number of rotatable bonds is 9. The van der Waals surface area contributed by atoms with E-state index in [1.165, 1.54) is 0 Å². The summed E-state index contributed by atoms with van der Waals surface area (Å²) in [5.74, 6) is -1.43. The lowest BCUT2D eigenvalue weighted by Crippen LogP contribution is -2.18. The van der Waals surface area contributed by atoms with Gasteiger partial charge in [-0.15, -0.1) is 0 Å². The van der Waals surface area contributed by atoms with Crippen molar-refractivity contribution in [1.82, 2.24) is 9.97 Å². The maximum Gasteiger partial charge on any atom is 0.340 e. The minimum absolute atomic E-state index is 0.203. The zero-order valence-electron chi connectivity index (χ0n) is 17.5. The number of H-pyrrole nitrogens is 2. The predicted octanol–water partition coefficient (Wildman–Crippen LogP) is 4.04. The van der Waals surface area contributed by atoms with E-state index in [2.05, 4.69) is 9.97 Å². The molecule has 0 spiro atoms. The van der Waals surface area contributed by atoms with Gasteiger partial charge in [-0.1, -0.05) is 18.2 Å². The van der Waals surface area contributed by atoms with Gasteiger partial charge in [0.1, 0.15) is 0 Å². The van der Waals surface area contributed by atoms with E-state index >= 15 is 0 Å². The molecule has 2 heterocycles. The fraction of sp³-hybridized carbons (Fsp3) is 0.348. The molecule has 3 aromatic rings. The molecular weight excluding hydrogens is 384 g/mol. The van der Waals surface area contributed by atoms with E-state index in [-0.39, 0.29) is 24.2 Å². The van der Waals surface area contributed by atoms with E-state index in [1.54, 1.807) is 20.8 Å².